The van der Waals surface area contributed by atoms with Crippen molar-refractivity contribution in [2.75, 3.05) is 6.67 Å². The van der Waals surface area contributed by atoms with Gasteiger partial charge in [-0.15, -0.1) is 4.98 Å². The molecule has 2 rings (SSSR count). The summed E-state index contributed by atoms with van der Waals surface area (Å²) in [6.07, 6.45) is 0.473. The van der Waals surface area contributed by atoms with Crippen molar-refractivity contribution in [1.29, 1.82) is 0 Å². The van der Waals surface area contributed by atoms with E-state index in [1.807, 2.05) is 0 Å². The second kappa shape index (κ2) is 7.47. The maximum atomic E-state index is 13.0. The highest BCUT2D eigenvalue weighted by molar-refractivity contribution is 5.73. The summed E-state index contributed by atoms with van der Waals surface area (Å²) in [5.41, 5.74) is 2.21. The summed E-state index contributed by atoms with van der Waals surface area (Å²) in [7, 11) is 0. The number of benzene rings is 1. The molecule has 6 heteroatoms. The van der Waals surface area contributed by atoms with Crippen LogP contribution < -0.4 is 5.32 Å². The molecule has 0 saturated carbocycles. The number of carbonyl (C=O) groups is 1. The normalized spacial score (nSPS) is 13.0. The molecule has 2 atom stereocenters. The fraction of sp³-hybridized carbons (Fsp3) is 0.235. The quantitative estimate of drug-likeness (QED) is 0.834. The van der Waals surface area contributed by atoms with Crippen molar-refractivity contribution >= 4 is 11.7 Å². The first-order chi connectivity index (χ1) is 11.0. The average molecular weight is 313 g/mol. The summed E-state index contributed by atoms with van der Waals surface area (Å²) < 4.78 is 13.0. The second-order valence-electron chi connectivity index (χ2n) is 5.05. The van der Waals surface area contributed by atoms with Crippen LogP contribution in [0.1, 0.15) is 18.6 Å². The summed E-state index contributed by atoms with van der Waals surface area (Å²) in [5, 5.41) is 12.5. The number of aliphatic hydroxyl groups is 1. The molecule has 23 heavy (non-hydrogen) atoms. The zero-order valence-corrected chi connectivity index (χ0v) is 12.5. The van der Waals surface area contributed by atoms with Gasteiger partial charge < -0.3 is 15.3 Å². The lowest BCUT2D eigenvalue weighted by Gasteiger charge is -2.21. The van der Waals surface area contributed by atoms with Crippen molar-refractivity contribution in [1.82, 2.24) is 10.3 Å². The summed E-state index contributed by atoms with van der Waals surface area (Å²) >= 11 is 0. The first-order valence-corrected chi connectivity index (χ1v) is 7.00. The zero-order chi connectivity index (χ0) is 16.8. The number of carbonyl (C=O) groups excluding carboxylic acids is 1. The minimum atomic E-state index is -1.12. The van der Waals surface area contributed by atoms with Gasteiger partial charge in [0.1, 0.15) is 19.0 Å². The van der Waals surface area contributed by atoms with E-state index in [0.29, 0.717) is 11.4 Å². The molecule has 118 valence electrons. The van der Waals surface area contributed by atoms with E-state index in [4.69, 9.17) is 6.57 Å². The van der Waals surface area contributed by atoms with Gasteiger partial charge in [0, 0.05) is 12.5 Å². The third-order valence-corrected chi connectivity index (χ3v) is 3.38. The van der Waals surface area contributed by atoms with Crippen LogP contribution in [0.5, 0.6) is 0 Å². The zero-order valence-electron chi connectivity index (χ0n) is 12.5. The van der Waals surface area contributed by atoms with Crippen molar-refractivity contribution < 1.29 is 14.3 Å². The lowest BCUT2D eigenvalue weighted by molar-refractivity contribution is -0.120. The third-order valence-electron chi connectivity index (χ3n) is 3.38. The number of hydrogen-bond donors (Lipinski definition) is 2. The Balaban J connectivity index is 2.17. The Morgan fingerprint density at radius 3 is 2.43 bits per heavy atom. The van der Waals surface area contributed by atoms with Gasteiger partial charge in [-0.1, -0.05) is 36.9 Å². The van der Waals surface area contributed by atoms with E-state index >= 15 is 0 Å². The van der Waals surface area contributed by atoms with E-state index in [2.05, 4.69) is 15.1 Å². The van der Waals surface area contributed by atoms with E-state index in [1.165, 1.54) is 6.92 Å². The molecule has 2 aromatic rings. The van der Waals surface area contributed by atoms with Crippen molar-refractivity contribution in [2.24, 2.45) is 0 Å². The Hall–Kier alpha value is -2.78. The van der Waals surface area contributed by atoms with Gasteiger partial charge in [0.2, 0.25) is 5.91 Å². The lowest BCUT2D eigenvalue weighted by Crippen LogP contribution is -2.39. The molecular formula is C17H16FN3O2. The Morgan fingerprint density at radius 1 is 1.30 bits per heavy atom. The van der Waals surface area contributed by atoms with E-state index in [1.54, 1.807) is 42.6 Å². The topological polar surface area (TPSA) is 66.6 Å². The van der Waals surface area contributed by atoms with Gasteiger partial charge >= 0.3 is 0 Å². The van der Waals surface area contributed by atoms with Crippen LogP contribution in [-0.4, -0.2) is 28.7 Å². The molecule has 0 spiro atoms. The fourth-order valence-corrected chi connectivity index (χ4v) is 2.19. The number of alkyl halides is 1. The van der Waals surface area contributed by atoms with Crippen LogP contribution >= 0.6 is 0 Å². The van der Waals surface area contributed by atoms with E-state index in [9.17, 15) is 14.3 Å². The van der Waals surface area contributed by atoms with Gasteiger partial charge in [-0.2, -0.15) is 0 Å². The number of halogens is 1. The second-order valence-corrected chi connectivity index (χ2v) is 5.05. The van der Waals surface area contributed by atoms with Crippen molar-refractivity contribution in [2.45, 2.75) is 19.1 Å². The number of hydrogen-bond acceptors (Lipinski definition) is 3. The molecule has 0 bridgehead atoms. The standard InChI is InChI=1S/C17H16FN3O2/c1-11(22)21-15(9-18)17(23)13-5-3-12(4-6-13)14-7-8-16(19-2)20-10-14/h3-8,10,15,17,23H,9H2,1H3,(H,21,22). The molecule has 0 saturated heterocycles. The maximum absolute atomic E-state index is 13.0. The van der Waals surface area contributed by atoms with Crippen LogP contribution in [-0.2, 0) is 4.79 Å². The largest absolute Gasteiger partial charge is 0.386 e. The van der Waals surface area contributed by atoms with Crippen LogP contribution in [0.15, 0.2) is 42.6 Å². The molecule has 2 unspecified atom stereocenters. The molecular weight excluding hydrogens is 297 g/mol. The van der Waals surface area contributed by atoms with Crippen LogP contribution in [0.2, 0.25) is 0 Å². The molecule has 5 nitrogen and oxygen atoms in total. The van der Waals surface area contributed by atoms with Crippen molar-refractivity contribution in [3.63, 3.8) is 0 Å². The number of nitrogens with one attached hydrogen (secondary N) is 1. The predicted molar refractivity (Wildman–Crippen MR) is 84.5 cm³/mol. The molecule has 1 aromatic carbocycles. The SMILES string of the molecule is [C-]#[N+]c1ccc(-c2ccc(C(O)C(CF)NC(C)=O)cc2)cn1. The minimum absolute atomic E-state index is 0.321. The molecule has 1 heterocycles. The number of pyridine rings is 1. The first kappa shape index (κ1) is 16.6. The van der Waals surface area contributed by atoms with E-state index < -0.39 is 24.7 Å². The van der Waals surface area contributed by atoms with Crippen LogP contribution in [0.3, 0.4) is 0 Å². The number of aliphatic hydroxyl groups excluding tert-OH is 1. The molecule has 0 aliphatic heterocycles. The van der Waals surface area contributed by atoms with Crippen LogP contribution in [0.4, 0.5) is 10.2 Å². The van der Waals surface area contributed by atoms with Crippen molar-refractivity contribution in [3.05, 3.63) is 59.6 Å². The summed E-state index contributed by atoms with van der Waals surface area (Å²) in [4.78, 5) is 18.3. The van der Waals surface area contributed by atoms with Gasteiger partial charge in [-0.3, -0.25) is 4.79 Å². The van der Waals surface area contributed by atoms with Gasteiger partial charge in [-0.25, -0.2) is 4.39 Å². The third kappa shape index (κ3) is 4.11. The lowest BCUT2D eigenvalue weighted by atomic mass is 9.99. The monoisotopic (exact) mass is 313 g/mol. The van der Waals surface area contributed by atoms with Crippen LogP contribution in [0.25, 0.3) is 16.0 Å². The smallest absolute Gasteiger partial charge is 0.269 e. The fourth-order valence-electron chi connectivity index (χ4n) is 2.19. The Kier molecular flexibility index (Phi) is 5.39. The Morgan fingerprint density at radius 2 is 1.96 bits per heavy atom. The minimum Gasteiger partial charge on any atom is -0.386 e. The first-order valence-electron chi connectivity index (χ1n) is 7.00. The molecule has 2 N–H and O–H groups in total. The highest BCUT2D eigenvalue weighted by Crippen LogP contribution is 2.24. The van der Waals surface area contributed by atoms with Crippen molar-refractivity contribution in [3.8, 4) is 11.1 Å². The highest BCUT2D eigenvalue weighted by Gasteiger charge is 2.21. The summed E-state index contributed by atoms with van der Waals surface area (Å²) in [5.74, 6) is -0.0730. The molecule has 1 amide bonds. The summed E-state index contributed by atoms with van der Waals surface area (Å²) in [6.45, 7) is 7.29. The number of nitrogens with zero attached hydrogens (tertiary/aromatic N) is 2. The molecule has 0 aliphatic carbocycles. The number of rotatable bonds is 5. The predicted octanol–water partition coefficient (Wildman–Crippen LogP) is 2.81. The van der Waals surface area contributed by atoms with E-state index in [-0.39, 0.29) is 0 Å². The van der Waals surface area contributed by atoms with Gasteiger partial charge in [0.15, 0.2) is 0 Å². The molecule has 1 aromatic heterocycles. The molecule has 0 fully saturated rings. The average Bonchev–Trinajstić information content (AvgIpc) is 2.59. The van der Waals surface area contributed by atoms with E-state index in [0.717, 1.165) is 11.1 Å². The van der Waals surface area contributed by atoms with Crippen LogP contribution in [0, 0.1) is 6.57 Å². The number of aromatic nitrogens is 1. The summed E-state index contributed by atoms with van der Waals surface area (Å²) in [6, 6.07) is 9.33. The maximum Gasteiger partial charge on any atom is 0.269 e. The molecule has 0 aliphatic rings. The van der Waals surface area contributed by atoms with Gasteiger partial charge in [0.05, 0.1) is 6.04 Å². The number of amides is 1. The highest BCUT2D eigenvalue weighted by atomic mass is 19.1. The Bertz CT molecular complexity index is 708. The van der Waals surface area contributed by atoms with Gasteiger partial charge in [-0.05, 0) is 17.2 Å². The Labute approximate surface area is 133 Å². The molecule has 0 radical (unpaired) electrons. The van der Waals surface area contributed by atoms with Gasteiger partial charge in [0.25, 0.3) is 5.82 Å².